The molecule has 1 aromatic heterocycles. The molecule has 0 fully saturated rings. The molecule has 0 aliphatic heterocycles. The van der Waals surface area contributed by atoms with Crippen LogP contribution in [-0.4, -0.2) is 31.0 Å². The van der Waals surface area contributed by atoms with Crippen LogP contribution in [0.3, 0.4) is 0 Å². The molecule has 190 valence electrons. The van der Waals surface area contributed by atoms with E-state index >= 15 is 0 Å². The summed E-state index contributed by atoms with van der Waals surface area (Å²) in [6, 6.07) is 11.9. The number of carbonyl (C=O) groups is 1. The zero-order chi connectivity index (χ0) is 26.5. The predicted molar refractivity (Wildman–Crippen MR) is 142 cm³/mol. The number of anilines is 1. The van der Waals surface area contributed by atoms with E-state index < -0.39 is 16.0 Å². The highest BCUT2D eigenvalue weighted by Gasteiger charge is 2.29. The Labute approximate surface area is 217 Å². The van der Waals surface area contributed by atoms with Crippen molar-refractivity contribution in [2.75, 3.05) is 10.8 Å². The number of halogens is 1. The second kappa shape index (κ2) is 11.6. The smallest absolute Gasteiger partial charge is 0.328 e. The number of ether oxygens (including phenoxy) is 1. The molecule has 9 heteroatoms. The molecule has 2 aromatic carbocycles. The Morgan fingerprint density at radius 3 is 2.50 bits per heavy atom. The van der Waals surface area contributed by atoms with Crippen LogP contribution in [0.15, 0.2) is 65.8 Å². The van der Waals surface area contributed by atoms with Crippen LogP contribution in [0.4, 0.5) is 5.69 Å². The van der Waals surface area contributed by atoms with Gasteiger partial charge in [0.25, 0.3) is 10.0 Å². The summed E-state index contributed by atoms with van der Waals surface area (Å²) in [5.74, 6) is -0.586. The average molecular weight is 529 g/mol. The monoisotopic (exact) mass is 528 g/mol. The number of benzene rings is 2. The molecule has 1 N–H and O–H groups in total. The number of hydrogen-bond acceptors (Lipinski definition) is 5. The number of carboxylic acid groups (broad SMARTS) is 1. The predicted octanol–water partition coefficient (Wildman–Crippen LogP) is 5.88. The maximum atomic E-state index is 13.7. The van der Waals surface area contributed by atoms with Gasteiger partial charge in [-0.3, -0.25) is 9.29 Å². The quantitative estimate of drug-likeness (QED) is 0.330. The van der Waals surface area contributed by atoms with Crippen LogP contribution in [0, 0.1) is 19.8 Å². The minimum absolute atomic E-state index is 0.0479. The summed E-state index contributed by atoms with van der Waals surface area (Å²) in [5.41, 5.74) is 3.65. The number of sulfonamides is 1. The third-order valence-corrected chi connectivity index (χ3v) is 7.59. The highest BCUT2D eigenvalue weighted by molar-refractivity contribution is 7.92. The topological polar surface area (TPSA) is 96.8 Å². The third kappa shape index (κ3) is 6.65. The van der Waals surface area contributed by atoms with Gasteiger partial charge in [-0.1, -0.05) is 37.6 Å². The molecule has 1 heterocycles. The van der Waals surface area contributed by atoms with Crippen molar-refractivity contribution in [2.24, 2.45) is 5.92 Å². The van der Waals surface area contributed by atoms with Gasteiger partial charge in [-0.15, -0.1) is 0 Å². The fourth-order valence-electron chi connectivity index (χ4n) is 3.48. The number of rotatable bonds is 10. The van der Waals surface area contributed by atoms with Crippen LogP contribution in [0.1, 0.15) is 36.1 Å². The molecule has 0 radical (unpaired) electrons. The van der Waals surface area contributed by atoms with Gasteiger partial charge in [-0.05, 0) is 72.9 Å². The van der Waals surface area contributed by atoms with Crippen molar-refractivity contribution in [3.05, 3.63) is 88.2 Å². The van der Waals surface area contributed by atoms with Crippen LogP contribution in [0.5, 0.6) is 5.75 Å². The number of hydrogen-bond donors (Lipinski definition) is 1. The van der Waals surface area contributed by atoms with E-state index in [1.165, 1.54) is 28.8 Å². The fraction of sp³-hybridized carbons (Fsp3) is 0.259. The lowest BCUT2D eigenvalue weighted by Gasteiger charge is -2.28. The number of aryl methyl sites for hydroxylation is 2. The van der Waals surface area contributed by atoms with Gasteiger partial charge in [0.15, 0.2) is 0 Å². The van der Waals surface area contributed by atoms with Crippen LogP contribution in [0.25, 0.3) is 6.08 Å². The highest BCUT2D eigenvalue weighted by atomic mass is 35.5. The number of pyridine rings is 1. The van der Waals surface area contributed by atoms with E-state index in [9.17, 15) is 13.2 Å². The van der Waals surface area contributed by atoms with E-state index in [1.807, 2.05) is 39.8 Å². The second-order valence-corrected chi connectivity index (χ2v) is 11.1. The van der Waals surface area contributed by atoms with Gasteiger partial charge >= 0.3 is 5.97 Å². The molecule has 36 heavy (non-hydrogen) atoms. The minimum atomic E-state index is -3.90. The van der Waals surface area contributed by atoms with Crippen molar-refractivity contribution in [2.45, 2.75) is 39.2 Å². The Hall–Kier alpha value is -3.36. The third-order valence-electron chi connectivity index (χ3n) is 5.48. The molecule has 0 unspecified atom stereocenters. The van der Waals surface area contributed by atoms with E-state index in [0.29, 0.717) is 27.6 Å². The second-order valence-electron chi connectivity index (χ2n) is 8.83. The Kier molecular flexibility index (Phi) is 8.76. The molecule has 0 aliphatic carbocycles. The summed E-state index contributed by atoms with van der Waals surface area (Å²) in [7, 11) is -3.90. The zero-order valence-electron chi connectivity index (χ0n) is 20.6. The van der Waals surface area contributed by atoms with Gasteiger partial charge in [0.2, 0.25) is 0 Å². The summed E-state index contributed by atoms with van der Waals surface area (Å²) in [4.78, 5) is 14.8. The van der Waals surface area contributed by atoms with Gasteiger partial charge in [-0.2, -0.15) is 0 Å². The van der Waals surface area contributed by atoms with Gasteiger partial charge < -0.3 is 9.84 Å². The van der Waals surface area contributed by atoms with Gasteiger partial charge in [-0.25, -0.2) is 13.2 Å². The first-order valence-corrected chi connectivity index (χ1v) is 13.2. The molecule has 0 saturated carbocycles. The Bertz CT molecular complexity index is 1370. The molecule has 7 nitrogen and oxygen atoms in total. The Morgan fingerprint density at radius 1 is 1.17 bits per heavy atom. The Balaban J connectivity index is 2.00. The van der Waals surface area contributed by atoms with Gasteiger partial charge in [0.05, 0.1) is 5.69 Å². The maximum Gasteiger partial charge on any atom is 0.328 e. The van der Waals surface area contributed by atoms with Crippen molar-refractivity contribution in [1.82, 2.24) is 4.98 Å². The molecule has 0 aliphatic rings. The van der Waals surface area contributed by atoms with Crippen LogP contribution >= 0.6 is 11.6 Å². The molecular formula is C27H29ClN2O5S. The van der Waals surface area contributed by atoms with E-state index in [4.69, 9.17) is 21.4 Å². The molecule has 0 bridgehead atoms. The SMILES string of the molecule is Cc1cc(OCc2ccc(C=CC(=O)O)cc2Cl)c(N(CC(C)C)S(=O)(=O)c2cccnc2)cc1C. The van der Waals surface area contributed by atoms with Crippen molar-refractivity contribution in [1.29, 1.82) is 0 Å². The summed E-state index contributed by atoms with van der Waals surface area (Å²) >= 11 is 6.42. The maximum absolute atomic E-state index is 13.7. The minimum Gasteiger partial charge on any atom is -0.487 e. The molecule has 3 aromatic rings. The van der Waals surface area contributed by atoms with Crippen LogP contribution in [0.2, 0.25) is 5.02 Å². The summed E-state index contributed by atoms with van der Waals surface area (Å²) < 4.78 is 34.8. The van der Waals surface area contributed by atoms with E-state index in [2.05, 4.69) is 4.98 Å². The molecule has 0 atom stereocenters. The number of nitrogens with zero attached hydrogens (tertiary/aromatic N) is 2. The standard InChI is InChI=1S/C27H29ClN2O5S/c1-18(2)16-30(36(33,34)23-6-5-11-29-15-23)25-12-19(3)20(4)13-26(25)35-17-22-9-7-21(14-24(22)28)8-10-27(31)32/h5-15,18H,16-17H2,1-4H3,(H,31,32). The van der Waals surface area contributed by atoms with Crippen molar-refractivity contribution < 1.29 is 23.1 Å². The van der Waals surface area contributed by atoms with E-state index in [1.54, 1.807) is 24.3 Å². The van der Waals surface area contributed by atoms with E-state index in [0.717, 1.165) is 17.2 Å². The molecule has 0 saturated heterocycles. The summed E-state index contributed by atoms with van der Waals surface area (Å²) in [5, 5.41) is 9.23. The lowest BCUT2D eigenvalue weighted by Crippen LogP contribution is -2.34. The van der Waals surface area contributed by atoms with Crippen molar-refractivity contribution in [3.8, 4) is 5.75 Å². The van der Waals surface area contributed by atoms with Gasteiger partial charge in [0.1, 0.15) is 17.3 Å². The normalized spacial score (nSPS) is 11.7. The van der Waals surface area contributed by atoms with Crippen molar-refractivity contribution >= 4 is 39.4 Å². The Morgan fingerprint density at radius 2 is 1.89 bits per heavy atom. The summed E-state index contributed by atoms with van der Waals surface area (Å²) in [6.07, 6.45) is 5.36. The zero-order valence-corrected chi connectivity index (χ0v) is 22.2. The first-order valence-electron chi connectivity index (χ1n) is 11.3. The van der Waals surface area contributed by atoms with Crippen molar-refractivity contribution in [3.63, 3.8) is 0 Å². The highest BCUT2D eigenvalue weighted by Crippen LogP contribution is 2.36. The fourth-order valence-corrected chi connectivity index (χ4v) is 5.32. The van der Waals surface area contributed by atoms with E-state index in [-0.39, 0.29) is 24.0 Å². The molecule has 0 spiro atoms. The lowest BCUT2D eigenvalue weighted by molar-refractivity contribution is -0.131. The van der Waals surface area contributed by atoms with Crippen LogP contribution in [-0.2, 0) is 21.4 Å². The molecule has 3 rings (SSSR count). The lowest BCUT2D eigenvalue weighted by atomic mass is 10.1. The first kappa shape index (κ1) is 27.2. The molecule has 0 amide bonds. The van der Waals surface area contributed by atoms with Crippen LogP contribution < -0.4 is 9.04 Å². The molecular weight excluding hydrogens is 500 g/mol. The average Bonchev–Trinajstić information content (AvgIpc) is 2.83. The van der Waals surface area contributed by atoms with Gasteiger partial charge in [0, 0.05) is 35.6 Å². The number of carboxylic acids is 1. The number of aromatic nitrogens is 1. The summed E-state index contributed by atoms with van der Waals surface area (Å²) in [6.45, 7) is 8.11. The first-order chi connectivity index (χ1) is 17.0. The number of aliphatic carboxylic acids is 1. The largest absolute Gasteiger partial charge is 0.487 e.